The highest BCUT2D eigenvalue weighted by Crippen LogP contribution is 2.28. The third-order valence-corrected chi connectivity index (χ3v) is 4.92. The summed E-state index contributed by atoms with van der Waals surface area (Å²) >= 11 is 0. The van der Waals surface area contributed by atoms with E-state index in [9.17, 15) is 20.1 Å². The molecular weight excluding hydrogens is 384 g/mol. The molecule has 6 atom stereocenters. The molecule has 0 aromatic rings. The lowest BCUT2D eigenvalue weighted by Crippen LogP contribution is -2.14. The van der Waals surface area contributed by atoms with Crippen LogP contribution in [-0.4, -0.2) is 57.9 Å². The Labute approximate surface area is 178 Å². The van der Waals surface area contributed by atoms with Crippen molar-refractivity contribution >= 4 is 5.97 Å². The summed E-state index contributed by atoms with van der Waals surface area (Å²) in [4.78, 5) is 11.8. The quantitative estimate of drug-likeness (QED) is 0.318. The maximum absolute atomic E-state index is 11.8. The lowest BCUT2D eigenvalue weighted by Gasteiger charge is -2.12. The summed E-state index contributed by atoms with van der Waals surface area (Å²) in [7, 11) is 0. The number of esters is 1. The number of carbonyl (C=O) groups excluding carboxylic acids is 1. The molecule has 2 aliphatic rings. The third kappa shape index (κ3) is 10.7. The monoisotopic (exact) mass is 418 g/mol. The average molecular weight is 419 g/mol. The van der Waals surface area contributed by atoms with Crippen LogP contribution >= 0.6 is 0 Å². The Morgan fingerprint density at radius 3 is 2.50 bits per heavy atom. The number of allylic oxidation sites excluding steroid dienone is 4. The minimum atomic E-state index is -0.621. The zero-order valence-corrected chi connectivity index (χ0v) is 17.5. The molecule has 2 heterocycles. The Morgan fingerprint density at radius 1 is 0.900 bits per heavy atom. The number of hydrogen-bond acceptors (Lipinski definition) is 6. The normalized spacial score (nSPS) is 40.1. The fraction of sp³-hybridized carbons (Fsp3) is 0.542. The van der Waals surface area contributed by atoms with Crippen LogP contribution in [-0.2, 0) is 14.3 Å². The SMILES string of the molecule is C[C@H]1CCC[C@@H](O)/C=C/[C@@H]2O[C@@H]2C[C@@H](O)C/C=C\C=C\[C@@H](O)C/C=C/C=C\C(=O)O1. The first-order chi connectivity index (χ1) is 14.4. The first-order valence-corrected chi connectivity index (χ1v) is 10.7. The van der Waals surface area contributed by atoms with E-state index in [1.165, 1.54) is 6.08 Å². The summed E-state index contributed by atoms with van der Waals surface area (Å²) in [6.45, 7) is 1.83. The van der Waals surface area contributed by atoms with Gasteiger partial charge in [-0.15, -0.1) is 0 Å². The predicted molar refractivity (Wildman–Crippen MR) is 116 cm³/mol. The molecule has 0 aliphatic carbocycles. The van der Waals surface area contributed by atoms with Crippen LogP contribution in [0.25, 0.3) is 0 Å². The second kappa shape index (κ2) is 13.3. The zero-order valence-electron chi connectivity index (χ0n) is 17.5. The van der Waals surface area contributed by atoms with E-state index in [0.717, 1.165) is 6.42 Å². The van der Waals surface area contributed by atoms with E-state index in [1.54, 1.807) is 42.5 Å². The van der Waals surface area contributed by atoms with Crippen LogP contribution in [0.4, 0.5) is 0 Å². The summed E-state index contributed by atoms with van der Waals surface area (Å²) in [5.74, 6) is -0.410. The molecule has 0 radical (unpaired) electrons. The number of rotatable bonds is 0. The second-order valence-electron chi connectivity index (χ2n) is 7.80. The average Bonchev–Trinajstić information content (AvgIpc) is 3.42. The van der Waals surface area contributed by atoms with Crippen molar-refractivity contribution < 1.29 is 29.6 Å². The Kier molecular flexibility index (Phi) is 10.8. The molecule has 2 rings (SSSR count). The fourth-order valence-electron chi connectivity index (χ4n) is 3.14. The number of aliphatic hydroxyl groups excluding tert-OH is 3. The van der Waals surface area contributed by atoms with Gasteiger partial charge in [0.25, 0.3) is 0 Å². The first-order valence-electron chi connectivity index (χ1n) is 10.7. The maximum atomic E-state index is 11.8. The summed E-state index contributed by atoms with van der Waals surface area (Å²) in [5, 5.41) is 30.1. The Morgan fingerprint density at radius 2 is 1.67 bits per heavy atom. The van der Waals surface area contributed by atoms with E-state index in [2.05, 4.69) is 0 Å². The number of carbonyl (C=O) groups is 1. The third-order valence-electron chi connectivity index (χ3n) is 4.92. The van der Waals surface area contributed by atoms with Crippen LogP contribution in [0.3, 0.4) is 0 Å². The van der Waals surface area contributed by atoms with E-state index < -0.39 is 24.3 Å². The highest BCUT2D eigenvalue weighted by atomic mass is 16.6. The van der Waals surface area contributed by atoms with Gasteiger partial charge in [-0.2, -0.15) is 0 Å². The molecule has 6 nitrogen and oxygen atoms in total. The lowest BCUT2D eigenvalue weighted by atomic mass is 10.1. The number of fused-ring (bicyclic) bond motifs is 1. The zero-order chi connectivity index (χ0) is 21.8. The van der Waals surface area contributed by atoms with Gasteiger partial charge in [-0.1, -0.05) is 54.7 Å². The minimum Gasteiger partial charge on any atom is -0.460 e. The predicted octanol–water partition coefficient (Wildman–Crippen LogP) is 2.90. The molecule has 0 aromatic heterocycles. The molecule has 0 saturated carbocycles. The number of hydrogen-bond donors (Lipinski definition) is 3. The highest BCUT2D eigenvalue weighted by molar-refractivity contribution is 5.82. The van der Waals surface area contributed by atoms with Crippen LogP contribution < -0.4 is 0 Å². The lowest BCUT2D eigenvalue weighted by molar-refractivity contribution is -0.142. The molecule has 6 heteroatoms. The van der Waals surface area contributed by atoms with Crippen LogP contribution in [0.2, 0.25) is 0 Å². The molecular formula is C24H34O6. The van der Waals surface area contributed by atoms with E-state index in [-0.39, 0.29) is 18.3 Å². The molecule has 166 valence electrons. The van der Waals surface area contributed by atoms with Crippen molar-refractivity contribution in [3.8, 4) is 0 Å². The van der Waals surface area contributed by atoms with Crippen molar-refractivity contribution in [1.82, 2.24) is 0 Å². The van der Waals surface area contributed by atoms with Gasteiger partial charge in [-0.3, -0.25) is 0 Å². The van der Waals surface area contributed by atoms with Gasteiger partial charge in [0.05, 0.1) is 30.5 Å². The van der Waals surface area contributed by atoms with Crippen LogP contribution in [0.5, 0.6) is 0 Å². The molecule has 0 spiro atoms. The fourth-order valence-corrected chi connectivity index (χ4v) is 3.14. The van der Waals surface area contributed by atoms with Gasteiger partial charge in [-0.25, -0.2) is 4.79 Å². The van der Waals surface area contributed by atoms with E-state index in [0.29, 0.717) is 32.1 Å². The van der Waals surface area contributed by atoms with Gasteiger partial charge in [0, 0.05) is 12.5 Å². The van der Waals surface area contributed by atoms with Crippen molar-refractivity contribution in [3.05, 3.63) is 60.8 Å². The molecule has 3 N–H and O–H groups in total. The summed E-state index contributed by atoms with van der Waals surface area (Å²) in [5.41, 5.74) is 0. The molecule has 0 aromatic carbocycles. The summed E-state index contributed by atoms with van der Waals surface area (Å²) in [6.07, 6.45) is 18.6. The summed E-state index contributed by atoms with van der Waals surface area (Å²) in [6, 6.07) is 0. The molecule has 0 unspecified atom stereocenters. The minimum absolute atomic E-state index is 0.0148. The number of epoxide rings is 1. The van der Waals surface area contributed by atoms with Crippen LogP contribution in [0, 0.1) is 0 Å². The smallest absolute Gasteiger partial charge is 0.331 e. The largest absolute Gasteiger partial charge is 0.460 e. The van der Waals surface area contributed by atoms with Crippen molar-refractivity contribution in [3.63, 3.8) is 0 Å². The molecule has 2 aliphatic heterocycles. The van der Waals surface area contributed by atoms with Gasteiger partial charge in [0.15, 0.2) is 0 Å². The van der Waals surface area contributed by atoms with Crippen LogP contribution in [0.15, 0.2) is 60.8 Å². The number of aliphatic hydroxyl groups is 3. The highest BCUT2D eigenvalue weighted by Gasteiger charge is 2.37. The second-order valence-corrected chi connectivity index (χ2v) is 7.80. The van der Waals surface area contributed by atoms with Crippen molar-refractivity contribution in [2.24, 2.45) is 0 Å². The Bertz CT molecular complexity index is 663. The van der Waals surface area contributed by atoms with Crippen LogP contribution in [0.1, 0.15) is 45.4 Å². The van der Waals surface area contributed by atoms with Gasteiger partial charge >= 0.3 is 5.97 Å². The maximum Gasteiger partial charge on any atom is 0.331 e. The number of cyclic esters (lactones) is 1. The van der Waals surface area contributed by atoms with Gasteiger partial charge in [0.2, 0.25) is 0 Å². The van der Waals surface area contributed by atoms with E-state index >= 15 is 0 Å². The summed E-state index contributed by atoms with van der Waals surface area (Å²) < 4.78 is 10.8. The van der Waals surface area contributed by atoms with E-state index in [1.807, 2.05) is 19.1 Å². The van der Waals surface area contributed by atoms with Crippen molar-refractivity contribution in [2.45, 2.75) is 82.1 Å². The molecule has 0 bridgehead atoms. The molecule has 0 amide bonds. The van der Waals surface area contributed by atoms with Crippen molar-refractivity contribution in [1.29, 1.82) is 0 Å². The number of ether oxygens (including phenoxy) is 2. The Hall–Kier alpha value is -1.99. The molecule has 1 fully saturated rings. The molecule has 1 saturated heterocycles. The Balaban J connectivity index is 1.90. The van der Waals surface area contributed by atoms with E-state index in [4.69, 9.17) is 9.47 Å². The first kappa shape index (κ1) is 24.3. The van der Waals surface area contributed by atoms with Gasteiger partial charge in [0.1, 0.15) is 6.10 Å². The topological polar surface area (TPSA) is 99.5 Å². The molecule has 30 heavy (non-hydrogen) atoms. The van der Waals surface area contributed by atoms with Crippen molar-refractivity contribution in [2.75, 3.05) is 0 Å². The van der Waals surface area contributed by atoms with Gasteiger partial charge < -0.3 is 24.8 Å². The standard InChI is InChI=1S/C24H34O6/c1-18-9-8-13-20(26)15-16-22-23(30-22)17-21(27)12-6-2-4-10-19(25)11-5-3-7-14-24(28)29-18/h2-7,10,14-16,18-23,25-27H,8-9,11-13,17H2,1H3/b5-3+,6-2-,10-4+,14-7-,16-15+/t18-,19+,20+,21-,22-,23+/m0/s1. The van der Waals surface area contributed by atoms with Gasteiger partial charge in [-0.05, 0) is 39.0 Å².